The molecule has 0 saturated heterocycles. The third kappa shape index (κ3) is 3.55. The smallest absolute Gasteiger partial charge is 0.265 e. The first-order valence-electron chi connectivity index (χ1n) is 7.07. The van der Waals surface area contributed by atoms with E-state index >= 15 is 0 Å². The van der Waals surface area contributed by atoms with Gasteiger partial charge >= 0.3 is 0 Å². The van der Waals surface area contributed by atoms with E-state index in [1.54, 1.807) is 42.6 Å². The van der Waals surface area contributed by atoms with Crippen LogP contribution in [-0.4, -0.2) is 28.8 Å². The van der Waals surface area contributed by atoms with E-state index in [2.05, 4.69) is 9.71 Å². The average Bonchev–Trinajstić information content (AvgIpc) is 2.97. The molecule has 25 heavy (non-hydrogen) atoms. The van der Waals surface area contributed by atoms with Gasteiger partial charge in [0.15, 0.2) is 0 Å². The predicted molar refractivity (Wildman–Crippen MR) is 96.3 cm³/mol. The van der Waals surface area contributed by atoms with Crippen LogP contribution in [0.5, 0.6) is 0 Å². The van der Waals surface area contributed by atoms with Gasteiger partial charge in [0.05, 0.1) is 22.3 Å². The van der Waals surface area contributed by atoms with E-state index in [0.717, 1.165) is 4.31 Å². The maximum atomic E-state index is 13.1. The fourth-order valence-electron chi connectivity index (χ4n) is 2.46. The Bertz CT molecular complexity index is 1020. The van der Waals surface area contributed by atoms with E-state index in [1.165, 1.54) is 12.1 Å². The minimum absolute atomic E-state index is 0.0390. The van der Waals surface area contributed by atoms with Gasteiger partial charge in [0.2, 0.25) is 0 Å². The third-order valence-corrected chi connectivity index (χ3v) is 6.00. The maximum absolute atomic E-state index is 13.1. The van der Waals surface area contributed by atoms with Gasteiger partial charge in [0.25, 0.3) is 10.0 Å². The Labute approximate surface area is 152 Å². The molecule has 2 aromatic carbocycles. The second kappa shape index (κ2) is 7.14. The maximum Gasteiger partial charge on any atom is 0.265 e. The van der Waals surface area contributed by atoms with Gasteiger partial charge in [0, 0.05) is 28.4 Å². The van der Waals surface area contributed by atoms with Crippen LogP contribution >= 0.6 is 11.6 Å². The van der Waals surface area contributed by atoms with Gasteiger partial charge in [-0.2, -0.15) is 0 Å². The van der Waals surface area contributed by atoms with E-state index in [0.29, 0.717) is 15.9 Å². The van der Waals surface area contributed by atoms with Gasteiger partial charge in [-0.1, -0.05) is 35.9 Å². The summed E-state index contributed by atoms with van der Waals surface area (Å²) in [7, 11) is -4.01. The number of anilines is 1. The molecule has 0 aliphatic carbocycles. The lowest BCUT2D eigenvalue weighted by atomic mass is 10.2. The molecule has 3 aromatic rings. The molecule has 132 valence electrons. The summed E-state index contributed by atoms with van der Waals surface area (Å²) in [5, 5.41) is 0.823. The molecule has 0 fully saturated rings. The number of sulfonamides is 1. The third-order valence-electron chi connectivity index (χ3n) is 3.56. The molecule has 1 atom stereocenters. The average molecular weight is 399 g/mol. The first kappa shape index (κ1) is 17.9. The zero-order valence-electron chi connectivity index (χ0n) is 12.7. The van der Waals surface area contributed by atoms with Crippen molar-refractivity contribution in [2.24, 2.45) is 0 Å². The highest BCUT2D eigenvalue weighted by atomic mass is 35.5. The second-order valence-electron chi connectivity index (χ2n) is 5.04. The van der Waals surface area contributed by atoms with Crippen LogP contribution in [0.3, 0.4) is 0 Å². The summed E-state index contributed by atoms with van der Waals surface area (Å²) in [5.41, 5.74) is 0.907. The lowest BCUT2D eigenvalue weighted by molar-refractivity contribution is 0.523. The molecule has 1 heterocycles. The van der Waals surface area contributed by atoms with Crippen molar-refractivity contribution < 1.29 is 17.2 Å². The highest BCUT2D eigenvalue weighted by Gasteiger charge is 2.27. The van der Waals surface area contributed by atoms with E-state index in [4.69, 9.17) is 11.6 Å². The molecule has 7 nitrogen and oxygen atoms in total. The van der Waals surface area contributed by atoms with E-state index < -0.39 is 28.0 Å². The highest BCUT2D eigenvalue weighted by Crippen LogP contribution is 2.35. The summed E-state index contributed by atoms with van der Waals surface area (Å²) in [4.78, 5) is 2.98. The number of halogens is 1. The van der Waals surface area contributed by atoms with Crippen molar-refractivity contribution >= 4 is 49.5 Å². The fraction of sp³-hybridized carbons (Fsp3) is 0.0667. The predicted octanol–water partition coefficient (Wildman–Crippen LogP) is 2.36. The van der Waals surface area contributed by atoms with Crippen LogP contribution in [0.2, 0.25) is 5.02 Å². The number of H-pyrrole nitrogens is 1. The van der Waals surface area contributed by atoms with Gasteiger partial charge in [-0.15, -0.1) is 0 Å². The number of rotatable bonds is 6. The van der Waals surface area contributed by atoms with Crippen molar-refractivity contribution in [2.75, 3.05) is 11.0 Å². The summed E-state index contributed by atoms with van der Waals surface area (Å²) >= 11 is 3.56. The molecule has 0 bridgehead atoms. The zero-order chi connectivity index (χ0) is 18.0. The number of nitrogens with zero attached hydrogens (tertiary/aromatic N) is 1. The Kier molecular flexibility index (Phi) is 5.11. The minimum Gasteiger partial charge on any atom is -0.760 e. The van der Waals surface area contributed by atoms with E-state index in [9.17, 15) is 17.2 Å². The molecule has 0 amide bonds. The SMILES string of the molecule is O=S([O-])NCN(c1cccc2[nH]cc(Cl)c12)S(=O)(=O)c1ccccc1. The lowest BCUT2D eigenvalue weighted by Crippen LogP contribution is -2.39. The summed E-state index contributed by atoms with van der Waals surface area (Å²) in [6, 6.07) is 12.7. The van der Waals surface area contributed by atoms with E-state index in [-0.39, 0.29) is 10.6 Å². The standard InChI is InChI=1S/C15H14ClN3O4S2/c16-12-9-17-13-7-4-8-14(15(12)13)19(10-18-24(20)21)25(22,23)11-5-2-1-3-6-11/h1-9,17-18H,10H2,(H,20,21)/p-1. The molecule has 10 heteroatoms. The first-order chi connectivity index (χ1) is 11.9. The van der Waals surface area contributed by atoms with Gasteiger partial charge in [-0.05, 0) is 24.3 Å². The molecule has 0 aliphatic heterocycles. The number of hydrogen-bond donors (Lipinski definition) is 2. The normalized spacial score (nSPS) is 13.0. The summed E-state index contributed by atoms with van der Waals surface area (Å²) in [5.74, 6) is 0. The zero-order valence-corrected chi connectivity index (χ0v) is 15.1. The van der Waals surface area contributed by atoms with Crippen molar-refractivity contribution in [1.29, 1.82) is 0 Å². The Hall–Kier alpha value is -1.91. The summed E-state index contributed by atoms with van der Waals surface area (Å²) in [6.45, 7) is -0.464. The van der Waals surface area contributed by atoms with Gasteiger partial charge in [-0.25, -0.2) is 13.1 Å². The van der Waals surface area contributed by atoms with Crippen LogP contribution in [0.25, 0.3) is 10.9 Å². The Morgan fingerprint density at radius 1 is 1.16 bits per heavy atom. The number of aromatic amines is 1. The van der Waals surface area contributed by atoms with Crippen LogP contribution < -0.4 is 9.03 Å². The van der Waals surface area contributed by atoms with Gasteiger partial charge in [-0.3, -0.25) is 8.51 Å². The van der Waals surface area contributed by atoms with Crippen molar-refractivity contribution in [1.82, 2.24) is 9.71 Å². The largest absolute Gasteiger partial charge is 0.760 e. The monoisotopic (exact) mass is 398 g/mol. The number of benzene rings is 2. The van der Waals surface area contributed by atoms with Gasteiger partial charge in [0.1, 0.15) is 0 Å². The van der Waals surface area contributed by atoms with Crippen LogP contribution in [0.4, 0.5) is 5.69 Å². The molecule has 1 aromatic heterocycles. The molecular weight excluding hydrogens is 386 g/mol. The molecule has 0 radical (unpaired) electrons. The minimum atomic E-state index is -4.01. The number of fused-ring (bicyclic) bond motifs is 1. The lowest BCUT2D eigenvalue weighted by Gasteiger charge is -2.26. The number of aromatic nitrogens is 1. The number of nitrogens with one attached hydrogen (secondary N) is 2. The highest BCUT2D eigenvalue weighted by molar-refractivity contribution is 7.93. The second-order valence-corrected chi connectivity index (χ2v) is 8.07. The quantitative estimate of drug-likeness (QED) is 0.491. The van der Waals surface area contributed by atoms with Crippen molar-refractivity contribution in [3.8, 4) is 0 Å². The van der Waals surface area contributed by atoms with Crippen LogP contribution in [0, 0.1) is 0 Å². The van der Waals surface area contributed by atoms with Crippen LogP contribution in [-0.2, 0) is 21.3 Å². The Morgan fingerprint density at radius 2 is 1.88 bits per heavy atom. The summed E-state index contributed by atoms with van der Waals surface area (Å²) < 4.78 is 51.0. The summed E-state index contributed by atoms with van der Waals surface area (Å²) in [6.07, 6.45) is 1.54. The van der Waals surface area contributed by atoms with Crippen LogP contribution in [0.1, 0.15) is 0 Å². The molecular formula is C15H13ClN3O4S2-. The van der Waals surface area contributed by atoms with Crippen LogP contribution in [0.15, 0.2) is 59.6 Å². The number of hydrogen-bond acceptors (Lipinski definition) is 4. The molecule has 3 rings (SSSR count). The molecule has 0 spiro atoms. The Morgan fingerprint density at radius 3 is 2.56 bits per heavy atom. The fourth-order valence-corrected chi connectivity index (χ4v) is 4.43. The topological polar surface area (TPSA) is 105 Å². The molecule has 0 saturated carbocycles. The first-order valence-corrected chi connectivity index (χ1v) is 9.96. The van der Waals surface area contributed by atoms with Crippen molar-refractivity contribution in [3.05, 3.63) is 59.8 Å². The molecule has 0 aliphatic rings. The van der Waals surface area contributed by atoms with Crippen molar-refractivity contribution in [2.45, 2.75) is 4.90 Å². The molecule has 2 N–H and O–H groups in total. The van der Waals surface area contributed by atoms with E-state index in [1.807, 2.05) is 0 Å². The van der Waals surface area contributed by atoms with Gasteiger partial charge < -0.3 is 9.54 Å². The van der Waals surface area contributed by atoms with Crippen molar-refractivity contribution in [3.63, 3.8) is 0 Å². The Balaban J connectivity index is 2.18. The molecule has 1 unspecified atom stereocenters.